The highest BCUT2D eigenvalue weighted by Gasteiger charge is 2.47. The molecule has 0 spiro atoms. The molecule has 0 fully saturated rings. The van der Waals surface area contributed by atoms with Crippen molar-refractivity contribution < 1.29 is 10.0 Å². The number of halogens is 1. The fourth-order valence-electron chi connectivity index (χ4n) is 2.45. The predicted octanol–water partition coefficient (Wildman–Crippen LogP) is 3.40. The Morgan fingerprint density at radius 1 is 1.20 bits per heavy atom. The third-order valence-corrected chi connectivity index (χ3v) is 3.86. The van der Waals surface area contributed by atoms with Crippen molar-refractivity contribution in [3.05, 3.63) is 59.1 Å². The number of hydroxylamine groups is 1. The molecule has 0 saturated heterocycles. The van der Waals surface area contributed by atoms with E-state index in [0.29, 0.717) is 22.0 Å². The van der Waals surface area contributed by atoms with Gasteiger partial charge in [0.1, 0.15) is 0 Å². The number of para-hydroxylation sites is 1. The number of fused-ring (bicyclic) bond motifs is 1. The van der Waals surface area contributed by atoms with Gasteiger partial charge in [-0.05, 0) is 31.2 Å². The van der Waals surface area contributed by atoms with Crippen LogP contribution in [0.5, 0.6) is 0 Å². The van der Waals surface area contributed by atoms with Gasteiger partial charge in [-0.2, -0.15) is 0 Å². The molecule has 4 nitrogen and oxygen atoms in total. The number of carbonyl (C=O) groups excluding carboxylic acids is 1. The molecule has 3 rings (SSSR count). The second kappa shape index (κ2) is 4.51. The number of amides is 1. The highest BCUT2D eigenvalue weighted by atomic mass is 35.5. The minimum atomic E-state index is -1.18. The van der Waals surface area contributed by atoms with Crippen molar-refractivity contribution in [3.8, 4) is 0 Å². The first kappa shape index (κ1) is 13.0. The quantitative estimate of drug-likeness (QED) is 0.833. The molecule has 1 heterocycles. The Kier molecular flexibility index (Phi) is 2.92. The van der Waals surface area contributed by atoms with Crippen LogP contribution in [0.1, 0.15) is 12.5 Å². The smallest absolute Gasteiger partial charge is 0.257 e. The lowest BCUT2D eigenvalue weighted by molar-refractivity contribution is -0.122. The van der Waals surface area contributed by atoms with Crippen LogP contribution in [0, 0.1) is 0 Å². The molecule has 5 heteroatoms. The zero-order valence-corrected chi connectivity index (χ0v) is 11.6. The summed E-state index contributed by atoms with van der Waals surface area (Å²) < 4.78 is 0. The Bertz CT molecular complexity index is 675. The molecule has 1 amide bonds. The molecule has 102 valence electrons. The third-order valence-electron chi connectivity index (χ3n) is 3.62. The summed E-state index contributed by atoms with van der Waals surface area (Å²) in [5, 5.41) is 14.8. The molecule has 0 saturated carbocycles. The monoisotopic (exact) mass is 288 g/mol. The first-order chi connectivity index (χ1) is 9.53. The first-order valence-electron chi connectivity index (χ1n) is 6.19. The molecule has 1 aliphatic rings. The largest absolute Gasteiger partial charge is 0.323 e. The molecule has 0 unspecified atom stereocenters. The minimum Gasteiger partial charge on any atom is -0.323 e. The summed E-state index contributed by atoms with van der Waals surface area (Å²) in [4.78, 5) is 12.3. The van der Waals surface area contributed by atoms with Gasteiger partial charge in [0.2, 0.25) is 0 Å². The fourth-order valence-corrected chi connectivity index (χ4v) is 2.62. The Morgan fingerprint density at radius 3 is 2.60 bits per heavy atom. The second-order valence-corrected chi connectivity index (χ2v) is 5.30. The maximum absolute atomic E-state index is 12.3. The van der Waals surface area contributed by atoms with E-state index in [1.165, 1.54) is 0 Å². The van der Waals surface area contributed by atoms with E-state index in [-0.39, 0.29) is 5.91 Å². The van der Waals surface area contributed by atoms with E-state index in [0.717, 1.165) is 5.06 Å². The number of nitrogens with one attached hydrogen (secondary N) is 1. The molecule has 2 aromatic rings. The van der Waals surface area contributed by atoms with Gasteiger partial charge in [-0.1, -0.05) is 35.9 Å². The van der Waals surface area contributed by atoms with Crippen molar-refractivity contribution in [2.75, 3.05) is 10.4 Å². The number of benzene rings is 2. The number of nitrogens with zero attached hydrogens (tertiary/aromatic N) is 1. The summed E-state index contributed by atoms with van der Waals surface area (Å²) in [6, 6.07) is 14.1. The van der Waals surface area contributed by atoms with Crippen molar-refractivity contribution in [2.45, 2.75) is 12.5 Å². The lowest BCUT2D eigenvalue weighted by atomic mass is 9.92. The van der Waals surface area contributed by atoms with E-state index in [4.69, 9.17) is 11.6 Å². The summed E-state index contributed by atoms with van der Waals surface area (Å²) in [7, 11) is 0. The Labute approximate surface area is 121 Å². The van der Waals surface area contributed by atoms with E-state index in [2.05, 4.69) is 5.32 Å². The van der Waals surface area contributed by atoms with Crippen LogP contribution in [0.4, 0.5) is 11.4 Å². The Balaban J connectivity index is 2.11. The first-order valence-corrected chi connectivity index (χ1v) is 6.57. The lowest BCUT2D eigenvalue weighted by Gasteiger charge is -2.33. The van der Waals surface area contributed by atoms with E-state index in [9.17, 15) is 10.0 Å². The summed E-state index contributed by atoms with van der Waals surface area (Å²) >= 11 is 5.93. The average molecular weight is 289 g/mol. The Morgan fingerprint density at radius 2 is 1.90 bits per heavy atom. The molecule has 2 N–H and O–H groups in total. The van der Waals surface area contributed by atoms with Crippen LogP contribution in [0.3, 0.4) is 0 Å². The molecule has 0 bridgehead atoms. The van der Waals surface area contributed by atoms with Crippen LogP contribution < -0.4 is 10.4 Å². The molecule has 0 radical (unpaired) electrons. The molecule has 0 aromatic heterocycles. The van der Waals surface area contributed by atoms with E-state index in [1.54, 1.807) is 49.4 Å². The van der Waals surface area contributed by atoms with Crippen LogP contribution in [0.2, 0.25) is 5.02 Å². The van der Waals surface area contributed by atoms with Crippen LogP contribution in [0.25, 0.3) is 0 Å². The van der Waals surface area contributed by atoms with E-state index >= 15 is 0 Å². The number of hydrogen-bond acceptors (Lipinski definition) is 3. The summed E-state index contributed by atoms with van der Waals surface area (Å²) in [5.74, 6) is -0.291. The highest BCUT2D eigenvalue weighted by molar-refractivity contribution is 6.31. The fraction of sp³-hybridized carbons (Fsp3) is 0.133. The predicted molar refractivity (Wildman–Crippen MR) is 78.1 cm³/mol. The summed E-state index contributed by atoms with van der Waals surface area (Å²) in [6.45, 7) is 1.68. The maximum atomic E-state index is 12.3. The van der Waals surface area contributed by atoms with Gasteiger partial charge >= 0.3 is 0 Å². The lowest BCUT2D eigenvalue weighted by Crippen LogP contribution is -2.47. The number of rotatable bonds is 2. The van der Waals surface area contributed by atoms with Crippen molar-refractivity contribution >= 4 is 28.9 Å². The van der Waals surface area contributed by atoms with E-state index in [1.807, 2.05) is 6.07 Å². The molecule has 20 heavy (non-hydrogen) atoms. The molecule has 0 aliphatic carbocycles. The Hall–Kier alpha value is -2.04. The molecule has 2 aromatic carbocycles. The minimum absolute atomic E-state index is 0.291. The van der Waals surface area contributed by atoms with Gasteiger partial charge in [0.15, 0.2) is 5.54 Å². The molecular weight excluding hydrogens is 276 g/mol. The zero-order valence-electron chi connectivity index (χ0n) is 10.8. The van der Waals surface area contributed by atoms with Gasteiger partial charge in [-0.3, -0.25) is 10.0 Å². The number of carbonyl (C=O) groups is 1. The van der Waals surface area contributed by atoms with Crippen LogP contribution in [0.15, 0.2) is 48.5 Å². The highest BCUT2D eigenvalue weighted by Crippen LogP contribution is 2.42. The molecule has 1 atom stereocenters. The molecule has 1 aliphatic heterocycles. The summed E-state index contributed by atoms with van der Waals surface area (Å²) in [5.41, 5.74) is 0.688. The van der Waals surface area contributed by atoms with Crippen molar-refractivity contribution in [1.29, 1.82) is 0 Å². The second-order valence-electron chi connectivity index (χ2n) is 4.86. The maximum Gasteiger partial charge on any atom is 0.257 e. The van der Waals surface area contributed by atoms with Gasteiger partial charge < -0.3 is 5.32 Å². The van der Waals surface area contributed by atoms with Crippen molar-refractivity contribution in [1.82, 2.24) is 0 Å². The van der Waals surface area contributed by atoms with Gasteiger partial charge in [0.05, 0.1) is 5.69 Å². The SMILES string of the molecule is C[C@]1(N(O)c2ccccc2)C(=O)Nc2cc(Cl)ccc21. The normalized spacial score (nSPS) is 20.4. The van der Waals surface area contributed by atoms with Gasteiger partial charge in [0.25, 0.3) is 5.91 Å². The van der Waals surface area contributed by atoms with Gasteiger partial charge in [-0.25, -0.2) is 5.06 Å². The standard InChI is InChI=1S/C15H13ClN2O2/c1-15(18(20)11-5-3-2-4-6-11)12-8-7-10(16)9-13(12)17-14(15)19/h2-9,20H,1H3,(H,17,19)/t15-/m1/s1. The van der Waals surface area contributed by atoms with Crippen molar-refractivity contribution in [2.24, 2.45) is 0 Å². The van der Waals surface area contributed by atoms with Gasteiger partial charge in [-0.15, -0.1) is 0 Å². The number of anilines is 2. The van der Waals surface area contributed by atoms with Gasteiger partial charge in [0, 0.05) is 16.3 Å². The van der Waals surface area contributed by atoms with Crippen LogP contribution >= 0.6 is 11.6 Å². The van der Waals surface area contributed by atoms with E-state index < -0.39 is 5.54 Å². The molecular formula is C15H13ClN2O2. The topological polar surface area (TPSA) is 52.6 Å². The van der Waals surface area contributed by atoms with Crippen molar-refractivity contribution in [3.63, 3.8) is 0 Å². The average Bonchev–Trinajstić information content (AvgIpc) is 2.71. The van der Waals surface area contributed by atoms with Crippen LogP contribution in [-0.2, 0) is 10.3 Å². The third kappa shape index (κ3) is 1.77. The van der Waals surface area contributed by atoms with Crippen LogP contribution in [-0.4, -0.2) is 11.1 Å². The zero-order chi connectivity index (χ0) is 14.3. The summed E-state index contributed by atoms with van der Waals surface area (Å²) in [6.07, 6.45) is 0. The number of hydrogen-bond donors (Lipinski definition) is 2.